The molecular weight excluding hydrogens is 637 g/mol. The Morgan fingerprint density at radius 3 is 2.29 bits per heavy atom. The number of aliphatic hydroxyl groups is 1. The number of carbonyl (C=O) groups excluding carboxylic acids is 4. The predicted octanol–water partition coefficient (Wildman–Crippen LogP) is 5.75. The van der Waals surface area contributed by atoms with E-state index in [0.717, 1.165) is 10.6 Å². The van der Waals surface area contributed by atoms with Gasteiger partial charge in [-0.3, -0.25) is 29.5 Å². The van der Waals surface area contributed by atoms with Gasteiger partial charge in [0.1, 0.15) is 29.4 Å². The van der Waals surface area contributed by atoms with Crippen molar-refractivity contribution in [2.45, 2.75) is 30.8 Å². The Bertz CT molecular complexity index is 2000. The zero-order chi connectivity index (χ0) is 33.3. The third kappa shape index (κ3) is 4.32. The Kier molecular flexibility index (Phi) is 7.12. The molecule has 2 aliphatic heterocycles. The molecule has 3 aromatic carbocycles. The third-order valence-corrected chi connectivity index (χ3v) is 10.6. The van der Waals surface area contributed by atoms with Crippen LogP contribution in [0.2, 0.25) is 5.02 Å². The number of halogens is 2. The SMILES string of the molecule is O=C1[C@@H]2C[C@@H]3C(=CC[C@@H]4C(=O)N(c5ccccc5)C(=O)[C@@H]43)[C@H](c3ccc(CO)o3)[C@]2(c2ccc(Cl)cc2)C(=O)N1Nc1ccc(F)cc1. The molecule has 0 spiro atoms. The normalized spacial score (nSPS) is 27.9. The summed E-state index contributed by atoms with van der Waals surface area (Å²) in [6, 6.07) is 24.1. The van der Waals surface area contributed by atoms with E-state index < -0.39 is 52.6 Å². The zero-order valence-electron chi connectivity index (χ0n) is 25.4. The summed E-state index contributed by atoms with van der Waals surface area (Å²) >= 11 is 6.31. The average molecular weight is 666 g/mol. The van der Waals surface area contributed by atoms with E-state index in [0.29, 0.717) is 27.7 Å². The topological polar surface area (TPSA) is 120 Å². The molecule has 242 valence electrons. The number of allylic oxidation sites excluding steroid dienone is 2. The Labute approximate surface area is 279 Å². The van der Waals surface area contributed by atoms with Gasteiger partial charge in [0.25, 0.3) is 11.8 Å². The molecule has 6 atom stereocenters. The van der Waals surface area contributed by atoms with E-state index >= 15 is 4.79 Å². The number of hydrogen-bond donors (Lipinski definition) is 2. The molecular formula is C37H29ClFN3O6. The summed E-state index contributed by atoms with van der Waals surface area (Å²) in [6.07, 6.45) is 2.29. The number of nitrogens with zero attached hydrogens (tertiary/aromatic N) is 2. The monoisotopic (exact) mass is 665 g/mol. The lowest BCUT2D eigenvalue weighted by molar-refractivity contribution is -0.138. The maximum absolute atomic E-state index is 15.0. The molecule has 2 N–H and O–H groups in total. The number of hydrazine groups is 1. The molecule has 0 unspecified atom stereocenters. The minimum Gasteiger partial charge on any atom is -0.463 e. The maximum atomic E-state index is 15.0. The number of carbonyl (C=O) groups is 4. The number of fused-ring (bicyclic) bond motifs is 4. The molecule has 2 aliphatic carbocycles. The van der Waals surface area contributed by atoms with Crippen LogP contribution < -0.4 is 10.3 Å². The highest BCUT2D eigenvalue weighted by Crippen LogP contribution is 2.64. The van der Waals surface area contributed by atoms with Crippen molar-refractivity contribution in [3.8, 4) is 0 Å². The molecule has 0 bridgehead atoms. The second-order valence-corrected chi connectivity index (χ2v) is 13.1. The first-order chi connectivity index (χ1) is 23.2. The molecule has 8 rings (SSSR count). The highest BCUT2D eigenvalue weighted by molar-refractivity contribution is 6.30. The van der Waals surface area contributed by atoms with Crippen molar-refractivity contribution in [1.82, 2.24) is 5.01 Å². The van der Waals surface area contributed by atoms with Crippen molar-refractivity contribution in [2.24, 2.45) is 23.7 Å². The number of imide groups is 2. The van der Waals surface area contributed by atoms with Crippen LogP contribution >= 0.6 is 11.6 Å². The number of para-hydroxylation sites is 1. The molecule has 2 saturated heterocycles. The molecule has 4 aliphatic rings. The van der Waals surface area contributed by atoms with Crippen LogP contribution in [0, 0.1) is 29.5 Å². The number of amides is 4. The first-order valence-corrected chi connectivity index (χ1v) is 16.1. The van der Waals surface area contributed by atoms with Gasteiger partial charge in [-0.15, -0.1) is 0 Å². The summed E-state index contributed by atoms with van der Waals surface area (Å²) in [5.74, 6) is -5.46. The van der Waals surface area contributed by atoms with Crippen molar-refractivity contribution in [3.63, 3.8) is 0 Å². The van der Waals surface area contributed by atoms with Gasteiger partial charge in [0.2, 0.25) is 11.8 Å². The van der Waals surface area contributed by atoms with Crippen LogP contribution in [-0.4, -0.2) is 33.7 Å². The lowest BCUT2D eigenvalue weighted by Gasteiger charge is -2.49. The van der Waals surface area contributed by atoms with Crippen LogP contribution in [0.15, 0.2) is 107 Å². The standard InChI is InChI=1S/C37H29ClFN3O6/c38-21-8-6-20(7-9-21)37-29(34(45)42(36(37)47)40-23-12-10-22(39)11-13-23)18-28-26(32(37)30-17-14-25(19-43)48-30)15-16-27-31(28)35(46)41(33(27)44)24-4-2-1-3-5-24/h1-15,17,27-29,31-32,40,43H,16,18-19H2/t27-,28+,29-,31-,32+,37+/m0/s1. The largest absolute Gasteiger partial charge is 0.463 e. The van der Waals surface area contributed by atoms with E-state index in [-0.39, 0.29) is 37.0 Å². The summed E-state index contributed by atoms with van der Waals surface area (Å²) in [6.45, 7) is -0.387. The molecule has 4 aromatic rings. The third-order valence-electron chi connectivity index (χ3n) is 10.4. The van der Waals surface area contributed by atoms with Gasteiger partial charge in [-0.25, -0.2) is 4.39 Å². The van der Waals surface area contributed by atoms with Crippen LogP contribution in [0.1, 0.15) is 35.8 Å². The van der Waals surface area contributed by atoms with Gasteiger partial charge in [0.05, 0.1) is 35.0 Å². The number of rotatable bonds is 6. The smallest absolute Gasteiger partial charge is 0.260 e. The highest BCUT2D eigenvalue weighted by Gasteiger charge is 2.71. The molecule has 1 aromatic heterocycles. The van der Waals surface area contributed by atoms with Crippen LogP contribution in [0.5, 0.6) is 0 Å². The first kappa shape index (κ1) is 30.3. The van der Waals surface area contributed by atoms with Crippen molar-refractivity contribution in [1.29, 1.82) is 0 Å². The lowest BCUT2D eigenvalue weighted by atomic mass is 9.50. The van der Waals surface area contributed by atoms with Gasteiger partial charge >= 0.3 is 0 Å². The number of hydrogen-bond acceptors (Lipinski definition) is 7. The predicted molar refractivity (Wildman–Crippen MR) is 173 cm³/mol. The summed E-state index contributed by atoms with van der Waals surface area (Å²) < 4.78 is 20.0. The fraction of sp³-hybridized carbons (Fsp3) is 0.243. The van der Waals surface area contributed by atoms with Crippen molar-refractivity contribution >= 4 is 46.6 Å². The van der Waals surface area contributed by atoms with E-state index in [2.05, 4.69) is 5.43 Å². The fourth-order valence-electron chi connectivity index (χ4n) is 8.43. The van der Waals surface area contributed by atoms with Crippen LogP contribution in [0.25, 0.3) is 0 Å². The summed E-state index contributed by atoms with van der Waals surface area (Å²) in [4.78, 5) is 58.9. The van der Waals surface area contributed by atoms with Crippen LogP contribution in [-0.2, 0) is 31.2 Å². The van der Waals surface area contributed by atoms with Gasteiger partial charge < -0.3 is 9.52 Å². The molecule has 48 heavy (non-hydrogen) atoms. The van der Waals surface area contributed by atoms with Crippen molar-refractivity contribution < 1.29 is 33.1 Å². The van der Waals surface area contributed by atoms with Crippen LogP contribution in [0.4, 0.5) is 15.8 Å². The number of furan rings is 1. The van der Waals surface area contributed by atoms with E-state index in [4.69, 9.17) is 16.0 Å². The van der Waals surface area contributed by atoms with Gasteiger partial charge in [0.15, 0.2) is 0 Å². The van der Waals surface area contributed by atoms with E-state index in [1.54, 1.807) is 60.7 Å². The van der Waals surface area contributed by atoms with Crippen LogP contribution in [0.3, 0.4) is 0 Å². The summed E-state index contributed by atoms with van der Waals surface area (Å²) in [5, 5.41) is 11.4. The number of benzene rings is 3. The zero-order valence-corrected chi connectivity index (χ0v) is 26.1. The number of anilines is 2. The molecule has 3 fully saturated rings. The van der Waals surface area contributed by atoms with Gasteiger partial charge in [-0.05, 0) is 85.0 Å². The van der Waals surface area contributed by atoms with Crippen molar-refractivity contribution in [3.05, 3.63) is 131 Å². The number of nitrogens with one attached hydrogen (secondary N) is 1. The first-order valence-electron chi connectivity index (χ1n) is 15.7. The molecule has 4 amide bonds. The second kappa shape index (κ2) is 11.3. The molecule has 9 nitrogen and oxygen atoms in total. The lowest BCUT2D eigenvalue weighted by Crippen LogP contribution is -2.53. The highest BCUT2D eigenvalue weighted by atomic mass is 35.5. The fourth-order valence-corrected chi connectivity index (χ4v) is 8.56. The molecule has 11 heteroatoms. The second-order valence-electron chi connectivity index (χ2n) is 12.7. The molecule has 3 heterocycles. The Morgan fingerprint density at radius 2 is 1.60 bits per heavy atom. The summed E-state index contributed by atoms with van der Waals surface area (Å²) in [7, 11) is 0. The summed E-state index contributed by atoms with van der Waals surface area (Å²) in [5.41, 5.74) is 3.40. The van der Waals surface area contributed by atoms with E-state index in [1.807, 2.05) is 12.1 Å². The minimum atomic E-state index is -1.56. The molecule has 1 saturated carbocycles. The quantitative estimate of drug-likeness (QED) is 0.199. The Balaban J connectivity index is 1.32. The van der Waals surface area contributed by atoms with Crippen molar-refractivity contribution in [2.75, 3.05) is 10.3 Å². The Hall–Kier alpha value is -5.06. The van der Waals surface area contributed by atoms with E-state index in [1.165, 1.54) is 29.2 Å². The Morgan fingerprint density at radius 1 is 0.875 bits per heavy atom. The minimum absolute atomic E-state index is 0.105. The van der Waals surface area contributed by atoms with Gasteiger partial charge in [-0.2, -0.15) is 5.01 Å². The number of aliphatic hydroxyl groups excluding tert-OH is 1. The maximum Gasteiger partial charge on any atom is 0.260 e. The average Bonchev–Trinajstić information content (AvgIpc) is 3.74. The van der Waals surface area contributed by atoms with Gasteiger partial charge in [-0.1, -0.05) is 53.6 Å². The van der Waals surface area contributed by atoms with E-state index in [9.17, 15) is 23.9 Å². The van der Waals surface area contributed by atoms with Gasteiger partial charge in [0, 0.05) is 5.02 Å². The molecule has 0 radical (unpaired) electrons.